The van der Waals surface area contributed by atoms with Crippen molar-refractivity contribution in [2.45, 2.75) is 17.7 Å². The average molecular weight is 361 g/mol. The van der Waals surface area contributed by atoms with E-state index in [4.69, 9.17) is 0 Å². The van der Waals surface area contributed by atoms with E-state index >= 15 is 0 Å². The van der Waals surface area contributed by atoms with Gasteiger partial charge in [-0.3, -0.25) is 4.79 Å². The van der Waals surface area contributed by atoms with Crippen molar-refractivity contribution in [3.05, 3.63) is 66.0 Å². The second kappa shape index (κ2) is 7.35. The minimum Gasteiger partial charge on any atom is -0.339 e. The van der Waals surface area contributed by atoms with E-state index in [1.165, 1.54) is 18.2 Å². The van der Waals surface area contributed by atoms with Gasteiger partial charge in [-0.05, 0) is 49.1 Å². The van der Waals surface area contributed by atoms with Crippen LogP contribution in [0.4, 0.5) is 4.39 Å². The summed E-state index contributed by atoms with van der Waals surface area (Å²) in [5, 5.41) is 0. The first-order valence-electron chi connectivity index (χ1n) is 8.28. The van der Waals surface area contributed by atoms with Crippen molar-refractivity contribution in [1.82, 2.24) is 4.90 Å². The first-order valence-corrected chi connectivity index (χ1v) is 9.93. The topological polar surface area (TPSA) is 54.5 Å². The number of carbonyl (C=O) groups is 1. The zero-order valence-electron chi connectivity index (χ0n) is 13.8. The Hall–Kier alpha value is -2.21. The van der Waals surface area contributed by atoms with Crippen molar-refractivity contribution < 1.29 is 17.6 Å². The third kappa shape index (κ3) is 4.25. The molecule has 1 fully saturated rings. The Morgan fingerprint density at radius 1 is 1.04 bits per heavy atom. The summed E-state index contributed by atoms with van der Waals surface area (Å²) in [6, 6.07) is 14.1. The summed E-state index contributed by atoms with van der Waals surface area (Å²) >= 11 is 0. The molecule has 2 aromatic carbocycles. The number of amides is 1. The molecular weight excluding hydrogens is 341 g/mol. The van der Waals surface area contributed by atoms with Crippen LogP contribution in [0, 0.1) is 11.7 Å². The van der Waals surface area contributed by atoms with E-state index in [0.717, 1.165) is 0 Å². The van der Waals surface area contributed by atoms with Crippen molar-refractivity contribution >= 4 is 15.7 Å². The minimum atomic E-state index is -3.31. The maximum absolute atomic E-state index is 13.3. The second-order valence-corrected chi connectivity index (χ2v) is 8.37. The number of nitrogens with zero attached hydrogens (tertiary/aromatic N) is 1. The number of rotatable bonds is 4. The van der Waals surface area contributed by atoms with Gasteiger partial charge in [0.1, 0.15) is 5.82 Å². The SMILES string of the molecule is O=C(c1cccc(F)c1)N1CCC(CS(=O)(=O)c2ccccc2)CC1. The standard InChI is InChI=1S/C19H20FNO3S/c20-17-6-4-5-16(13-17)19(22)21-11-9-15(10-12-21)14-25(23,24)18-7-2-1-3-8-18/h1-8,13,15H,9-12,14H2. The molecule has 132 valence electrons. The predicted octanol–water partition coefficient (Wildman–Crippen LogP) is 3.15. The molecule has 0 spiro atoms. The lowest BCUT2D eigenvalue weighted by molar-refractivity contribution is 0.0698. The zero-order valence-corrected chi connectivity index (χ0v) is 14.6. The van der Waals surface area contributed by atoms with E-state index in [2.05, 4.69) is 0 Å². The highest BCUT2D eigenvalue weighted by Gasteiger charge is 2.27. The fourth-order valence-electron chi connectivity index (χ4n) is 3.14. The van der Waals surface area contributed by atoms with Gasteiger partial charge < -0.3 is 4.90 Å². The number of sulfone groups is 1. The molecule has 1 aliphatic heterocycles. The number of hydrogen-bond donors (Lipinski definition) is 0. The van der Waals surface area contributed by atoms with Gasteiger partial charge in [0.2, 0.25) is 0 Å². The fourth-order valence-corrected chi connectivity index (χ4v) is 4.86. The Kier molecular flexibility index (Phi) is 5.18. The number of piperidine rings is 1. The van der Waals surface area contributed by atoms with Crippen molar-refractivity contribution in [1.29, 1.82) is 0 Å². The molecule has 6 heteroatoms. The van der Waals surface area contributed by atoms with Gasteiger partial charge in [0, 0.05) is 18.7 Å². The Bertz CT molecular complexity index is 844. The van der Waals surface area contributed by atoms with Gasteiger partial charge in [-0.25, -0.2) is 12.8 Å². The average Bonchev–Trinajstić information content (AvgIpc) is 2.62. The third-order valence-corrected chi connectivity index (χ3v) is 6.43. The monoisotopic (exact) mass is 361 g/mol. The number of hydrogen-bond acceptors (Lipinski definition) is 3. The van der Waals surface area contributed by atoms with Gasteiger partial charge in [-0.1, -0.05) is 24.3 Å². The Balaban J connectivity index is 1.60. The van der Waals surface area contributed by atoms with Crippen LogP contribution in [0.1, 0.15) is 23.2 Å². The van der Waals surface area contributed by atoms with Crippen LogP contribution in [-0.4, -0.2) is 38.1 Å². The molecule has 0 radical (unpaired) electrons. The largest absolute Gasteiger partial charge is 0.339 e. The van der Waals surface area contributed by atoms with E-state index in [9.17, 15) is 17.6 Å². The summed E-state index contributed by atoms with van der Waals surface area (Å²) in [6.07, 6.45) is 1.26. The maximum Gasteiger partial charge on any atom is 0.253 e. The van der Waals surface area contributed by atoms with Crippen LogP contribution in [0.2, 0.25) is 0 Å². The van der Waals surface area contributed by atoms with Crippen LogP contribution < -0.4 is 0 Å². The number of benzene rings is 2. The molecule has 25 heavy (non-hydrogen) atoms. The minimum absolute atomic E-state index is 0.0294. The van der Waals surface area contributed by atoms with Crippen LogP contribution in [0.25, 0.3) is 0 Å². The first-order chi connectivity index (χ1) is 12.0. The highest BCUT2D eigenvalue weighted by molar-refractivity contribution is 7.91. The molecular formula is C19H20FNO3S. The van der Waals surface area contributed by atoms with Crippen LogP contribution in [0.15, 0.2) is 59.5 Å². The van der Waals surface area contributed by atoms with E-state index in [1.54, 1.807) is 41.3 Å². The van der Waals surface area contributed by atoms with Crippen molar-refractivity contribution in [3.8, 4) is 0 Å². The summed E-state index contributed by atoms with van der Waals surface area (Å²) in [7, 11) is -3.31. The number of carbonyl (C=O) groups excluding carboxylic acids is 1. The molecule has 1 saturated heterocycles. The number of halogens is 1. The van der Waals surface area contributed by atoms with Gasteiger partial charge in [-0.15, -0.1) is 0 Å². The summed E-state index contributed by atoms with van der Waals surface area (Å²) in [6.45, 7) is 0.981. The Morgan fingerprint density at radius 3 is 2.36 bits per heavy atom. The molecule has 0 unspecified atom stereocenters. The molecule has 0 atom stereocenters. The summed E-state index contributed by atoms with van der Waals surface area (Å²) in [4.78, 5) is 14.4. The fraction of sp³-hybridized carbons (Fsp3) is 0.316. The molecule has 2 aromatic rings. The van der Waals surface area contributed by atoms with E-state index in [0.29, 0.717) is 36.4 Å². The van der Waals surface area contributed by atoms with Crippen LogP contribution in [-0.2, 0) is 9.84 Å². The number of likely N-dealkylation sites (tertiary alicyclic amines) is 1. The molecule has 0 N–H and O–H groups in total. The molecule has 0 aliphatic carbocycles. The molecule has 3 rings (SSSR count). The van der Waals surface area contributed by atoms with E-state index in [1.807, 2.05) is 0 Å². The van der Waals surface area contributed by atoms with E-state index in [-0.39, 0.29) is 17.6 Å². The predicted molar refractivity (Wildman–Crippen MR) is 93.5 cm³/mol. The van der Waals surface area contributed by atoms with E-state index < -0.39 is 15.7 Å². The summed E-state index contributed by atoms with van der Waals surface area (Å²) < 4.78 is 38.2. The third-order valence-electron chi connectivity index (χ3n) is 4.53. The quantitative estimate of drug-likeness (QED) is 0.841. The molecule has 1 aliphatic rings. The van der Waals surface area contributed by atoms with Gasteiger partial charge in [0.25, 0.3) is 5.91 Å². The Labute approximate surface area is 147 Å². The maximum atomic E-state index is 13.3. The van der Waals surface area contributed by atoms with Crippen LogP contribution in [0.5, 0.6) is 0 Å². The molecule has 1 heterocycles. The lowest BCUT2D eigenvalue weighted by Gasteiger charge is -2.32. The lowest BCUT2D eigenvalue weighted by atomic mass is 9.98. The smallest absolute Gasteiger partial charge is 0.253 e. The van der Waals surface area contributed by atoms with Gasteiger partial charge in [0.05, 0.1) is 10.6 Å². The van der Waals surface area contributed by atoms with Gasteiger partial charge >= 0.3 is 0 Å². The van der Waals surface area contributed by atoms with Gasteiger partial charge in [-0.2, -0.15) is 0 Å². The normalized spacial score (nSPS) is 16.0. The summed E-state index contributed by atoms with van der Waals surface area (Å²) in [5.74, 6) is -0.515. The second-order valence-electron chi connectivity index (χ2n) is 6.34. The highest BCUT2D eigenvalue weighted by atomic mass is 32.2. The first kappa shape index (κ1) is 17.6. The molecule has 0 aromatic heterocycles. The van der Waals surface area contributed by atoms with Crippen molar-refractivity contribution in [3.63, 3.8) is 0 Å². The molecule has 4 nitrogen and oxygen atoms in total. The molecule has 0 saturated carbocycles. The zero-order chi connectivity index (χ0) is 17.9. The van der Waals surface area contributed by atoms with Crippen molar-refractivity contribution in [2.75, 3.05) is 18.8 Å². The molecule has 1 amide bonds. The Morgan fingerprint density at radius 2 is 1.72 bits per heavy atom. The van der Waals surface area contributed by atoms with Crippen LogP contribution in [0.3, 0.4) is 0 Å². The molecule has 0 bridgehead atoms. The van der Waals surface area contributed by atoms with Gasteiger partial charge in [0.15, 0.2) is 9.84 Å². The summed E-state index contributed by atoms with van der Waals surface area (Å²) in [5.41, 5.74) is 0.329. The highest BCUT2D eigenvalue weighted by Crippen LogP contribution is 2.23. The lowest BCUT2D eigenvalue weighted by Crippen LogP contribution is -2.40. The van der Waals surface area contributed by atoms with Crippen LogP contribution >= 0.6 is 0 Å². The van der Waals surface area contributed by atoms with Crippen molar-refractivity contribution in [2.24, 2.45) is 5.92 Å².